The summed E-state index contributed by atoms with van der Waals surface area (Å²) in [5.41, 5.74) is 0.356. The number of hydrogen-bond donors (Lipinski definition) is 1. The zero-order chi connectivity index (χ0) is 9.97. The molecule has 0 aliphatic heterocycles. The van der Waals surface area contributed by atoms with Gasteiger partial charge in [0.15, 0.2) is 0 Å². The maximum atomic E-state index is 11.8. The molecule has 0 radical (unpaired) electrons. The molecule has 1 heterocycles. The van der Waals surface area contributed by atoms with Crippen LogP contribution in [0.1, 0.15) is 15.2 Å². The number of phenols is 1. The fraction of sp³-hybridized carbons (Fsp3) is 0. The Kier molecular flexibility index (Phi) is 2.33. The molecule has 0 aliphatic carbocycles. The molecule has 0 unspecified atom stereocenters. The molecular formula is C11H8O2S. The molecule has 1 aromatic heterocycles. The highest BCUT2D eigenvalue weighted by atomic mass is 32.1. The van der Waals surface area contributed by atoms with Gasteiger partial charge in [0.05, 0.1) is 10.4 Å². The molecule has 0 fully saturated rings. The van der Waals surface area contributed by atoms with Crippen LogP contribution in [0.15, 0.2) is 41.8 Å². The lowest BCUT2D eigenvalue weighted by molar-refractivity contribution is 0.104. The van der Waals surface area contributed by atoms with Crippen LogP contribution in [-0.4, -0.2) is 10.9 Å². The number of carbonyl (C=O) groups excluding carboxylic acids is 1. The van der Waals surface area contributed by atoms with Crippen molar-refractivity contribution in [2.45, 2.75) is 0 Å². The van der Waals surface area contributed by atoms with Crippen LogP contribution in [0.2, 0.25) is 0 Å². The molecule has 3 heteroatoms. The number of para-hydroxylation sites is 1. The van der Waals surface area contributed by atoms with E-state index in [1.165, 1.54) is 17.4 Å². The summed E-state index contributed by atoms with van der Waals surface area (Å²) < 4.78 is 0. The molecule has 0 saturated heterocycles. The summed E-state index contributed by atoms with van der Waals surface area (Å²) in [6.07, 6.45) is 0. The van der Waals surface area contributed by atoms with Crippen molar-refractivity contribution in [1.82, 2.24) is 0 Å². The van der Waals surface area contributed by atoms with Crippen molar-refractivity contribution in [3.63, 3.8) is 0 Å². The van der Waals surface area contributed by atoms with Crippen LogP contribution in [0, 0.1) is 0 Å². The molecule has 0 saturated carbocycles. The van der Waals surface area contributed by atoms with Gasteiger partial charge in [0.25, 0.3) is 0 Å². The minimum atomic E-state index is -0.127. The molecule has 0 spiro atoms. The lowest BCUT2D eigenvalue weighted by Crippen LogP contribution is -1.98. The van der Waals surface area contributed by atoms with Gasteiger partial charge in [0.1, 0.15) is 5.75 Å². The van der Waals surface area contributed by atoms with Crippen LogP contribution >= 0.6 is 11.3 Å². The van der Waals surface area contributed by atoms with E-state index in [0.29, 0.717) is 10.4 Å². The number of rotatable bonds is 2. The molecule has 70 valence electrons. The molecule has 0 bridgehead atoms. The Hall–Kier alpha value is -1.61. The third kappa shape index (κ3) is 1.54. The number of hydrogen-bond acceptors (Lipinski definition) is 3. The number of benzene rings is 1. The summed E-state index contributed by atoms with van der Waals surface area (Å²) in [6, 6.07) is 10.1. The van der Waals surface area contributed by atoms with E-state index >= 15 is 0 Å². The van der Waals surface area contributed by atoms with Crippen LogP contribution in [0.4, 0.5) is 0 Å². The highest BCUT2D eigenvalue weighted by Crippen LogP contribution is 2.21. The molecule has 1 aromatic carbocycles. The first-order valence-corrected chi connectivity index (χ1v) is 5.03. The number of carbonyl (C=O) groups is 1. The summed E-state index contributed by atoms with van der Waals surface area (Å²) in [5.74, 6) is -0.0935. The van der Waals surface area contributed by atoms with Gasteiger partial charge in [-0.3, -0.25) is 4.79 Å². The molecule has 0 aliphatic rings. The molecule has 0 atom stereocenters. The molecule has 1 N–H and O–H groups in total. The normalized spacial score (nSPS) is 10.0. The van der Waals surface area contributed by atoms with E-state index in [1.54, 1.807) is 24.3 Å². The highest BCUT2D eigenvalue weighted by Gasteiger charge is 2.12. The summed E-state index contributed by atoms with van der Waals surface area (Å²) in [5, 5.41) is 11.3. The van der Waals surface area contributed by atoms with E-state index < -0.39 is 0 Å². The van der Waals surface area contributed by atoms with Gasteiger partial charge in [0.2, 0.25) is 5.78 Å². The molecule has 14 heavy (non-hydrogen) atoms. The summed E-state index contributed by atoms with van der Waals surface area (Å²) in [7, 11) is 0. The standard InChI is InChI=1S/C11H8O2S/c12-9-5-2-1-4-8(9)11(13)10-6-3-7-14-10/h1-7,12H. The predicted octanol–water partition coefficient (Wildman–Crippen LogP) is 2.68. The Bertz CT molecular complexity index is 446. The molecule has 2 nitrogen and oxygen atoms in total. The monoisotopic (exact) mass is 204 g/mol. The molecule has 2 aromatic rings. The smallest absolute Gasteiger partial charge is 0.206 e. The van der Waals surface area contributed by atoms with Gasteiger partial charge < -0.3 is 5.11 Å². The van der Waals surface area contributed by atoms with Crippen molar-refractivity contribution >= 4 is 17.1 Å². The second kappa shape index (κ2) is 3.64. The molecular weight excluding hydrogens is 196 g/mol. The second-order valence-electron chi connectivity index (χ2n) is 2.82. The van der Waals surface area contributed by atoms with Gasteiger partial charge in [-0.1, -0.05) is 18.2 Å². The lowest BCUT2D eigenvalue weighted by Gasteiger charge is -2.00. The van der Waals surface area contributed by atoms with E-state index in [2.05, 4.69) is 0 Å². The Labute approximate surface area is 85.4 Å². The minimum Gasteiger partial charge on any atom is -0.507 e. The van der Waals surface area contributed by atoms with Crippen molar-refractivity contribution in [2.24, 2.45) is 0 Å². The third-order valence-corrected chi connectivity index (χ3v) is 2.76. The van der Waals surface area contributed by atoms with Crippen molar-refractivity contribution in [1.29, 1.82) is 0 Å². The number of thiophene rings is 1. The SMILES string of the molecule is O=C(c1cccs1)c1ccccc1O. The van der Waals surface area contributed by atoms with Crippen LogP contribution in [0.3, 0.4) is 0 Å². The maximum Gasteiger partial charge on any atom is 0.206 e. The second-order valence-corrected chi connectivity index (χ2v) is 3.77. The lowest BCUT2D eigenvalue weighted by atomic mass is 10.1. The van der Waals surface area contributed by atoms with E-state index in [-0.39, 0.29) is 11.5 Å². The topological polar surface area (TPSA) is 37.3 Å². The summed E-state index contributed by atoms with van der Waals surface area (Å²) in [6.45, 7) is 0. The van der Waals surface area contributed by atoms with E-state index in [9.17, 15) is 9.90 Å². The van der Waals surface area contributed by atoms with E-state index in [1.807, 2.05) is 11.4 Å². The summed E-state index contributed by atoms with van der Waals surface area (Å²) in [4.78, 5) is 12.4. The van der Waals surface area contributed by atoms with Crippen LogP contribution in [-0.2, 0) is 0 Å². The fourth-order valence-electron chi connectivity index (χ4n) is 1.21. The highest BCUT2D eigenvalue weighted by molar-refractivity contribution is 7.12. The Morgan fingerprint density at radius 2 is 1.93 bits per heavy atom. The van der Waals surface area contributed by atoms with Gasteiger partial charge in [-0.2, -0.15) is 0 Å². The number of phenolic OH excluding ortho intramolecular Hbond substituents is 1. The van der Waals surface area contributed by atoms with Crippen molar-refractivity contribution in [3.8, 4) is 5.75 Å². The van der Waals surface area contributed by atoms with Gasteiger partial charge in [-0.25, -0.2) is 0 Å². The Morgan fingerprint density at radius 1 is 1.14 bits per heavy atom. The van der Waals surface area contributed by atoms with Crippen LogP contribution in [0.5, 0.6) is 5.75 Å². The zero-order valence-corrected chi connectivity index (χ0v) is 8.12. The van der Waals surface area contributed by atoms with Crippen molar-refractivity contribution in [2.75, 3.05) is 0 Å². The van der Waals surface area contributed by atoms with Gasteiger partial charge >= 0.3 is 0 Å². The average molecular weight is 204 g/mol. The number of ketones is 1. The van der Waals surface area contributed by atoms with E-state index in [4.69, 9.17) is 0 Å². The van der Waals surface area contributed by atoms with Crippen LogP contribution in [0.25, 0.3) is 0 Å². The first-order valence-electron chi connectivity index (χ1n) is 4.15. The molecule has 0 amide bonds. The minimum absolute atomic E-state index is 0.0332. The van der Waals surface area contributed by atoms with Crippen LogP contribution < -0.4 is 0 Å². The summed E-state index contributed by atoms with van der Waals surface area (Å²) >= 11 is 1.37. The van der Waals surface area contributed by atoms with Gasteiger partial charge in [-0.05, 0) is 23.6 Å². The Balaban J connectivity index is 2.42. The largest absolute Gasteiger partial charge is 0.507 e. The number of aromatic hydroxyl groups is 1. The third-order valence-electron chi connectivity index (χ3n) is 1.89. The Morgan fingerprint density at radius 3 is 2.57 bits per heavy atom. The van der Waals surface area contributed by atoms with Crippen molar-refractivity contribution in [3.05, 3.63) is 52.2 Å². The molecule has 2 rings (SSSR count). The van der Waals surface area contributed by atoms with Gasteiger partial charge in [-0.15, -0.1) is 11.3 Å². The van der Waals surface area contributed by atoms with Gasteiger partial charge in [0, 0.05) is 0 Å². The first-order chi connectivity index (χ1) is 6.79. The first kappa shape index (κ1) is 8.97. The fourth-order valence-corrected chi connectivity index (χ4v) is 1.88. The quantitative estimate of drug-likeness (QED) is 0.763. The van der Waals surface area contributed by atoms with E-state index in [0.717, 1.165) is 0 Å². The maximum absolute atomic E-state index is 11.8. The zero-order valence-electron chi connectivity index (χ0n) is 7.31. The van der Waals surface area contributed by atoms with Crippen molar-refractivity contribution < 1.29 is 9.90 Å². The predicted molar refractivity (Wildman–Crippen MR) is 55.9 cm³/mol. The average Bonchev–Trinajstić information content (AvgIpc) is 2.70.